The van der Waals surface area contributed by atoms with E-state index < -0.39 is 11.7 Å². The SMILES string of the molecule is CCCOc1ncc(C(F)(F)F)cc1C. The number of halogens is 3. The second kappa shape index (κ2) is 4.51. The zero-order chi connectivity index (χ0) is 11.5. The van der Waals surface area contributed by atoms with Gasteiger partial charge in [-0.05, 0) is 19.4 Å². The second-order valence-corrected chi connectivity index (χ2v) is 3.19. The van der Waals surface area contributed by atoms with Crippen LogP contribution in [0.15, 0.2) is 12.3 Å². The maximum Gasteiger partial charge on any atom is 0.417 e. The van der Waals surface area contributed by atoms with Crippen LogP contribution in [0.25, 0.3) is 0 Å². The summed E-state index contributed by atoms with van der Waals surface area (Å²) in [5, 5.41) is 0. The van der Waals surface area contributed by atoms with Crippen molar-refractivity contribution in [2.24, 2.45) is 0 Å². The Morgan fingerprint density at radius 2 is 2.07 bits per heavy atom. The van der Waals surface area contributed by atoms with Crippen LogP contribution in [0.2, 0.25) is 0 Å². The van der Waals surface area contributed by atoms with Crippen LogP contribution in [0.4, 0.5) is 13.2 Å². The molecule has 1 aromatic heterocycles. The van der Waals surface area contributed by atoms with Gasteiger partial charge in [-0.25, -0.2) is 4.98 Å². The predicted octanol–water partition coefficient (Wildman–Crippen LogP) is 3.20. The molecule has 0 radical (unpaired) electrons. The minimum Gasteiger partial charge on any atom is -0.477 e. The predicted molar refractivity (Wildman–Crippen MR) is 49.8 cm³/mol. The molecule has 1 heterocycles. The summed E-state index contributed by atoms with van der Waals surface area (Å²) >= 11 is 0. The highest BCUT2D eigenvalue weighted by atomic mass is 19.4. The Hall–Kier alpha value is -1.26. The summed E-state index contributed by atoms with van der Waals surface area (Å²) in [6, 6.07) is 1.04. The van der Waals surface area contributed by atoms with Gasteiger partial charge >= 0.3 is 6.18 Å². The lowest BCUT2D eigenvalue weighted by molar-refractivity contribution is -0.137. The molecule has 0 bridgehead atoms. The zero-order valence-corrected chi connectivity index (χ0v) is 8.56. The van der Waals surface area contributed by atoms with Crippen LogP contribution in [0.1, 0.15) is 24.5 Å². The number of alkyl halides is 3. The van der Waals surface area contributed by atoms with Crippen molar-refractivity contribution in [1.82, 2.24) is 4.98 Å². The summed E-state index contributed by atoms with van der Waals surface area (Å²) in [7, 11) is 0. The number of nitrogens with zero attached hydrogens (tertiary/aromatic N) is 1. The molecule has 0 unspecified atom stereocenters. The van der Waals surface area contributed by atoms with Crippen LogP contribution < -0.4 is 4.74 Å². The van der Waals surface area contributed by atoms with Crippen molar-refractivity contribution < 1.29 is 17.9 Å². The summed E-state index contributed by atoms with van der Waals surface area (Å²) in [5.41, 5.74) is -0.345. The van der Waals surface area contributed by atoms with Gasteiger partial charge in [0.15, 0.2) is 0 Å². The molecule has 0 aromatic carbocycles. The Balaban J connectivity index is 2.88. The number of pyridine rings is 1. The number of hydrogen-bond acceptors (Lipinski definition) is 2. The van der Waals surface area contributed by atoms with Crippen LogP contribution in [0, 0.1) is 6.92 Å². The van der Waals surface area contributed by atoms with Crippen molar-refractivity contribution >= 4 is 0 Å². The molecule has 1 aromatic rings. The van der Waals surface area contributed by atoms with Gasteiger partial charge in [0.05, 0.1) is 12.2 Å². The molecule has 15 heavy (non-hydrogen) atoms. The van der Waals surface area contributed by atoms with Gasteiger partial charge in [-0.3, -0.25) is 0 Å². The molecule has 0 spiro atoms. The first-order chi connectivity index (χ1) is 6.95. The largest absolute Gasteiger partial charge is 0.477 e. The van der Waals surface area contributed by atoms with Crippen molar-refractivity contribution in [2.75, 3.05) is 6.61 Å². The number of aryl methyl sites for hydroxylation is 1. The van der Waals surface area contributed by atoms with Gasteiger partial charge in [0.2, 0.25) is 5.88 Å². The number of rotatable bonds is 3. The van der Waals surface area contributed by atoms with E-state index in [1.807, 2.05) is 6.92 Å². The molecule has 0 aliphatic carbocycles. The zero-order valence-electron chi connectivity index (χ0n) is 8.56. The summed E-state index contributed by atoms with van der Waals surface area (Å²) in [5.74, 6) is 0.268. The van der Waals surface area contributed by atoms with Gasteiger partial charge in [-0.15, -0.1) is 0 Å². The van der Waals surface area contributed by atoms with Gasteiger partial charge in [0.25, 0.3) is 0 Å². The molecule has 0 saturated carbocycles. The van der Waals surface area contributed by atoms with Crippen molar-refractivity contribution in [3.63, 3.8) is 0 Å². The van der Waals surface area contributed by atoms with Gasteiger partial charge in [-0.1, -0.05) is 6.92 Å². The topological polar surface area (TPSA) is 22.1 Å². The van der Waals surface area contributed by atoms with E-state index in [1.165, 1.54) is 0 Å². The van der Waals surface area contributed by atoms with Gasteiger partial charge in [0.1, 0.15) is 0 Å². The highest BCUT2D eigenvalue weighted by molar-refractivity contribution is 5.29. The standard InChI is InChI=1S/C10H12F3NO/c1-3-4-15-9-7(2)5-8(6-14-9)10(11,12)13/h5-6H,3-4H2,1-2H3. The monoisotopic (exact) mass is 219 g/mol. The lowest BCUT2D eigenvalue weighted by Crippen LogP contribution is -2.07. The third kappa shape index (κ3) is 3.11. The van der Waals surface area contributed by atoms with Crippen molar-refractivity contribution in [3.05, 3.63) is 23.4 Å². The molecule has 0 N–H and O–H groups in total. The molecular formula is C10H12F3NO. The van der Waals surface area contributed by atoms with Crippen LogP contribution in [-0.4, -0.2) is 11.6 Å². The average Bonchev–Trinajstić information content (AvgIpc) is 2.14. The lowest BCUT2D eigenvalue weighted by Gasteiger charge is -2.10. The van der Waals surface area contributed by atoms with E-state index in [9.17, 15) is 13.2 Å². The summed E-state index contributed by atoms with van der Waals surface area (Å²) < 4.78 is 42.0. The summed E-state index contributed by atoms with van der Waals surface area (Å²) in [6.45, 7) is 3.92. The number of hydrogen-bond donors (Lipinski definition) is 0. The fourth-order valence-electron chi connectivity index (χ4n) is 1.07. The van der Waals surface area contributed by atoms with E-state index in [1.54, 1.807) is 6.92 Å². The molecular weight excluding hydrogens is 207 g/mol. The van der Waals surface area contributed by atoms with Crippen LogP contribution >= 0.6 is 0 Å². The van der Waals surface area contributed by atoms with Gasteiger partial charge < -0.3 is 4.74 Å². The Morgan fingerprint density at radius 3 is 2.53 bits per heavy atom. The average molecular weight is 219 g/mol. The molecule has 1 rings (SSSR count). The van der Waals surface area contributed by atoms with Crippen molar-refractivity contribution in [3.8, 4) is 5.88 Å². The Labute approximate surface area is 86.1 Å². The molecule has 84 valence electrons. The van der Waals surface area contributed by atoms with E-state index in [2.05, 4.69) is 4.98 Å². The van der Waals surface area contributed by atoms with E-state index >= 15 is 0 Å². The molecule has 0 fully saturated rings. The maximum atomic E-state index is 12.3. The molecule has 2 nitrogen and oxygen atoms in total. The maximum absolute atomic E-state index is 12.3. The number of aromatic nitrogens is 1. The molecule has 0 amide bonds. The lowest BCUT2D eigenvalue weighted by atomic mass is 10.2. The van der Waals surface area contributed by atoms with Gasteiger partial charge in [0, 0.05) is 11.8 Å². The highest BCUT2D eigenvalue weighted by Gasteiger charge is 2.31. The van der Waals surface area contributed by atoms with Crippen molar-refractivity contribution in [1.29, 1.82) is 0 Å². The van der Waals surface area contributed by atoms with Crippen molar-refractivity contribution in [2.45, 2.75) is 26.4 Å². The second-order valence-electron chi connectivity index (χ2n) is 3.19. The molecule has 0 atom stereocenters. The van der Waals surface area contributed by atoms with Gasteiger partial charge in [-0.2, -0.15) is 13.2 Å². The van der Waals surface area contributed by atoms with E-state index in [0.29, 0.717) is 12.2 Å². The van der Waals surface area contributed by atoms with E-state index in [-0.39, 0.29) is 5.88 Å². The Kier molecular flexibility index (Phi) is 3.55. The third-order valence-corrected chi connectivity index (χ3v) is 1.80. The van der Waals surface area contributed by atoms with Crippen LogP contribution in [0.5, 0.6) is 5.88 Å². The Morgan fingerprint density at radius 1 is 1.40 bits per heavy atom. The molecule has 0 aliphatic heterocycles. The van der Waals surface area contributed by atoms with E-state index in [4.69, 9.17) is 4.74 Å². The van der Waals surface area contributed by atoms with E-state index in [0.717, 1.165) is 18.7 Å². The molecule has 0 saturated heterocycles. The fraction of sp³-hybridized carbons (Fsp3) is 0.500. The van der Waals surface area contributed by atoms with Crippen LogP contribution in [-0.2, 0) is 6.18 Å². The first-order valence-corrected chi connectivity index (χ1v) is 4.61. The number of ether oxygens (including phenoxy) is 1. The molecule has 5 heteroatoms. The smallest absolute Gasteiger partial charge is 0.417 e. The Bertz CT molecular complexity index is 336. The summed E-state index contributed by atoms with van der Waals surface area (Å²) in [6.07, 6.45) is -2.76. The minimum absolute atomic E-state index is 0.268. The third-order valence-electron chi connectivity index (χ3n) is 1.80. The van der Waals surface area contributed by atoms with Crippen LogP contribution in [0.3, 0.4) is 0 Å². The summed E-state index contributed by atoms with van der Waals surface area (Å²) in [4.78, 5) is 3.64. The molecule has 0 aliphatic rings. The highest BCUT2D eigenvalue weighted by Crippen LogP contribution is 2.30. The minimum atomic E-state index is -4.35. The first-order valence-electron chi connectivity index (χ1n) is 4.61. The quantitative estimate of drug-likeness (QED) is 0.778. The fourth-order valence-corrected chi connectivity index (χ4v) is 1.07. The normalized spacial score (nSPS) is 11.5. The first kappa shape index (κ1) is 11.8.